The number of carbonyl (C=O) groups is 3. The predicted octanol–water partition coefficient (Wildman–Crippen LogP) is 5.80. The summed E-state index contributed by atoms with van der Waals surface area (Å²) in [5, 5.41) is 4.25. The van der Waals surface area contributed by atoms with Crippen LogP contribution in [0.2, 0.25) is 0 Å². The number of aromatic amines is 1. The van der Waals surface area contributed by atoms with Gasteiger partial charge in [-0.15, -0.1) is 0 Å². The Bertz CT molecular complexity index is 1420. The molecule has 4 rings (SSSR count). The lowest BCUT2D eigenvalue weighted by Crippen LogP contribution is -2.38. The monoisotopic (exact) mass is 575 g/mol. The number of H-pyrrole nitrogens is 1. The van der Waals surface area contributed by atoms with Crippen LogP contribution in [0.4, 0.5) is 9.59 Å². The number of hydrogen-bond donors (Lipinski definition) is 2. The Balaban J connectivity index is 1.21. The molecule has 1 fully saturated rings. The molecule has 222 valence electrons. The fraction of sp³-hybridized carbons (Fsp3) is 0.344. The average molecular weight is 576 g/mol. The van der Waals surface area contributed by atoms with Gasteiger partial charge in [0.15, 0.2) is 11.5 Å². The molecule has 2 N–H and O–H groups in total. The number of rotatable bonds is 11. The number of nitrogens with zero attached hydrogens (tertiary/aromatic N) is 1. The van der Waals surface area contributed by atoms with Crippen molar-refractivity contribution in [2.75, 3.05) is 39.4 Å². The molecule has 10 heteroatoms. The number of ether oxygens (including phenoxy) is 4. The molecule has 2 aromatic carbocycles. The molecule has 0 unspecified atom stereocenters. The smallest absolute Gasteiger partial charge is 0.434 e. The van der Waals surface area contributed by atoms with E-state index in [0.717, 1.165) is 32.5 Å². The Morgan fingerprint density at radius 1 is 0.952 bits per heavy atom. The van der Waals surface area contributed by atoms with E-state index in [1.54, 1.807) is 38.1 Å². The lowest BCUT2D eigenvalue weighted by Gasteiger charge is -2.31. The number of allylic oxidation sites excluding steroid dienone is 2. The first kappa shape index (κ1) is 30.4. The Labute approximate surface area is 245 Å². The van der Waals surface area contributed by atoms with Crippen molar-refractivity contribution in [1.82, 2.24) is 15.2 Å². The van der Waals surface area contributed by atoms with Gasteiger partial charge in [0.2, 0.25) is 5.91 Å². The zero-order valence-corrected chi connectivity index (χ0v) is 24.0. The number of benzene rings is 2. The largest absolute Gasteiger partial charge is 0.513 e. The van der Waals surface area contributed by atoms with E-state index in [1.165, 1.54) is 34.7 Å². The van der Waals surface area contributed by atoms with Gasteiger partial charge in [-0.1, -0.05) is 42.5 Å². The molecule has 0 aliphatic carbocycles. The van der Waals surface area contributed by atoms with E-state index < -0.39 is 12.3 Å². The van der Waals surface area contributed by atoms with Crippen LogP contribution in [0.25, 0.3) is 17.0 Å². The number of aromatic nitrogens is 1. The Morgan fingerprint density at radius 2 is 1.67 bits per heavy atom. The number of para-hydroxylation sites is 1. The number of nitrogens with one attached hydrogen (secondary N) is 2. The third-order valence-electron chi connectivity index (χ3n) is 6.90. The van der Waals surface area contributed by atoms with Crippen LogP contribution in [0.3, 0.4) is 0 Å². The molecule has 1 saturated heterocycles. The van der Waals surface area contributed by atoms with E-state index in [4.69, 9.17) is 18.9 Å². The first-order chi connectivity index (χ1) is 20.5. The predicted molar refractivity (Wildman–Crippen MR) is 160 cm³/mol. The van der Waals surface area contributed by atoms with Crippen LogP contribution in [0.5, 0.6) is 11.5 Å². The van der Waals surface area contributed by atoms with Crippen LogP contribution >= 0.6 is 0 Å². The number of likely N-dealkylation sites (tertiary alicyclic amines) is 1. The van der Waals surface area contributed by atoms with Crippen molar-refractivity contribution in [2.24, 2.45) is 0 Å². The number of fused-ring (bicyclic) bond motifs is 1. The minimum atomic E-state index is -0.928. The maximum absolute atomic E-state index is 12.3. The summed E-state index contributed by atoms with van der Waals surface area (Å²) in [6.45, 7) is 6.94. The average Bonchev–Trinajstić information content (AvgIpc) is 3.41. The summed E-state index contributed by atoms with van der Waals surface area (Å²) in [5.41, 5.74) is 3.24. The molecular weight excluding hydrogens is 538 g/mol. The maximum Gasteiger partial charge on any atom is 0.513 e. The Hall–Kier alpha value is -4.57. The minimum Gasteiger partial charge on any atom is -0.434 e. The molecule has 1 aliphatic rings. The van der Waals surface area contributed by atoms with Gasteiger partial charge in [0.25, 0.3) is 0 Å². The summed E-state index contributed by atoms with van der Waals surface area (Å²) in [6, 6.07) is 13.1. The zero-order valence-electron chi connectivity index (χ0n) is 24.0. The summed E-state index contributed by atoms with van der Waals surface area (Å²) in [5.74, 6) is 0.375. The van der Waals surface area contributed by atoms with Gasteiger partial charge in [0.1, 0.15) is 0 Å². The van der Waals surface area contributed by atoms with Crippen molar-refractivity contribution >= 4 is 35.2 Å². The van der Waals surface area contributed by atoms with Gasteiger partial charge in [0, 0.05) is 36.3 Å². The first-order valence-corrected chi connectivity index (χ1v) is 14.2. The quantitative estimate of drug-likeness (QED) is 0.127. The van der Waals surface area contributed by atoms with E-state index in [9.17, 15) is 14.4 Å². The molecule has 1 amide bonds. The highest BCUT2D eigenvalue weighted by Gasteiger charge is 2.22. The summed E-state index contributed by atoms with van der Waals surface area (Å²) < 4.78 is 19.9. The second-order valence-corrected chi connectivity index (χ2v) is 9.69. The van der Waals surface area contributed by atoms with Crippen LogP contribution in [-0.4, -0.2) is 67.5 Å². The Kier molecular flexibility index (Phi) is 11.2. The van der Waals surface area contributed by atoms with E-state index >= 15 is 0 Å². The molecule has 42 heavy (non-hydrogen) atoms. The van der Waals surface area contributed by atoms with Crippen LogP contribution in [0.1, 0.15) is 43.7 Å². The fourth-order valence-corrected chi connectivity index (χ4v) is 4.87. The Morgan fingerprint density at radius 3 is 2.40 bits per heavy atom. The normalized spacial score (nSPS) is 14.3. The number of amides is 1. The van der Waals surface area contributed by atoms with Gasteiger partial charge in [-0.25, -0.2) is 9.59 Å². The van der Waals surface area contributed by atoms with Gasteiger partial charge in [-0.2, -0.15) is 0 Å². The maximum atomic E-state index is 12.3. The molecule has 0 atom stereocenters. The molecule has 1 aromatic heterocycles. The van der Waals surface area contributed by atoms with Crippen LogP contribution < -0.4 is 14.8 Å². The highest BCUT2D eigenvalue weighted by atomic mass is 16.7. The second kappa shape index (κ2) is 15.4. The minimum absolute atomic E-state index is 0.00383. The van der Waals surface area contributed by atoms with E-state index in [-0.39, 0.29) is 30.6 Å². The van der Waals surface area contributed by atoms with Crippen molar-refractivity contribution in [3.63, 3.8) is 0 Å². The SMILES string of the molecule is CCOC(=O)Oc1ccc(C=CC=CC(=O)NCCN2CCC(c3c[nH]c4ccccc34)CC2)cc1OC(=O)OCC. The molecule has 2 heterocycles. The van der Waals surface area contributed by atoms with Crippen LogP contribution in [0, 0.1) is 0 Å². The first-order valence-electron chi connectivity index (χ1n) is 14.2. The highest BCUT2D eigenvalue weighted by Crippen LogP contribution is 2.33. The fourth-order valence-electron chi connectivity index (χ4n) is 4.87. The van der Waals surface area contributed by atoms with Crippen molar-refractivity contribution in [3.8, 4) is 11.5 Å². The van der Waals surface area contributed by atoms with Crippen LogP contribution in [-0.2, 0) is 14.3 Å². The topological polar surface area (TPSA) is 119 Å². The standard InChI is InChI=1S/C32H37N3O7/c1-3-39-31(37)41-28-14-13-23(21-29(28)42-32(38)40-4-2)9-5-8-12-30(36)33-17-20-35-18-15-24(16-19-35)26-22-34-27-11-7-6-10-25(26)27/h5-14,21-22,24,34H,3-4,15-20H2,1-2H3,(H,33,36). The molecule has 10 nitrogen and oxygen atoms in total. The van der Waals surface area contributed by atoms with Crippen molar-refractivity contribution in [1.29, 1.82) is 0 Å². The molecule has 3 aromatic rings. The van der Waals surface area contributed by atoms with Gasteiger partial charge in [-0.3, -0.25) is 4.79 Å². The number of carbonyl (C=O) groups excluding carboxylic acids is 3. The van der Waals surface area contributed by atoms with Crippen molar-refractivity contribution < 1.29 is 33.3 Å². The molecule has 1 aliphatic heterocycles. The highest BCUT2D eigenvalue weighted by molar-refractivity contribution is 5.88. The summed E-state index contributed by atoms with van der Waals surface area (Å²) in [7, 11) is 0. The second-order valence-electron chi connectivity index (χ2n) is 9.69. The third-order valence-corrected chi connectivity index (χ3v) is 6.90. The van der Waals surface area contributed by atoms with E-state index in [2.05, 4.69) is 45.7 Å². The lowest BCUT2D eigenvalue weighted by atomic mass is 9.89. The van der Waals surface area contributed by atoms with Gasteiger partial charge in [0.05, 0.1) is 13.2 Å². The van der Waals surface area contributed by atoms with Gasteiger partial charge in [-0.05, 0) is 75.0 Å². The zero-order chi connectivity index (χ0) is 29.7. The third kappa shape index (κ3) is 8.71. The molecule has 0 spiro atoms. The van der Waals surface area contributed by atoms with Crippen LogP contribution in [0.15, 0.2) is 66.9 Å². The molecule has 0 radical (unpaired) electrons. The number of hydrogen-bond acceptors (Lipinski definition) is 8. The van der Waals surface area contributed by atoms with Crippen molar-refractivity contribution in [2.45, 2.75) is 32.6 Å². The lowest BCUT2D eigenvalue weighted by molar-refractivity contribution is -0.116. The summed E-state index contributed by atoms with van der Waals surface area (Å²) in [6.07, 6.45) is 8.98. The molecule has 0 saturated carbocycles. The number of piperidine rings is 1. The van der Waals surface area contributed by atoms with Gasteiger partial charge >= 0.3 is 12.3 Å². The molecular formula is C32H37N3O7. The molecule has 0 bridgehead atoms. The van der Waals surface area contributed by atoms with Gasteiger partial charge < -0.3 is 34.1 Å². The summed E-state index contributed by atoms with van der Waals surface area (Å²) in [4.78, 5) is 41.6. The summed E-state index contributed by atoms with van der Waals surface area (Å²) >= 11 is 0. The van der Waals surface area contributed by atoms with E-state index in [0.29, 0.717) is 18.0 Å². The van der Waals surface area contributed by atoms with Crippen molar-refractivity contribution in [3.05, 3.63) is 78.0 Å². The van der Waals surface area contributed by atoms with E-state index in [1.807, 2.05) is 0 Å².